The van der Waals surface area contributed by atoms with E-state index in [9.17, 15) is 4.79 Å². The van der Waals surface area contributed by atoms with E-state index in [-0.39, 0.29) is 18.4 Å². The molecule has 1 atom stereocenters. The van der Waals surface area contributed by atoms with Gasteiger partial charge in [-0.1, -0.05) is 23.4 Å². The van der Waals surface area contributed by atoms with E-state index in [0.717, 1.165) is 58.6 Å². The molecule has 1 aliphatic heterocycles. The summed E-state index contributed by atoms with van der Waals surface area (Å²) in [4.78, 5) is 22.4. The minimum absolute atomic E-state index is 0.0453. The lowest BCUT2D eigenvalue weighted by Gasteiger charge is -2.28. The molecule has 2 aromatic heterocycles. The van der Waals surface area contributed by atoms with Gasteiger partial charge in [-0.2, -0.15) is 0 Å². The number of nitrogens with zero attached hydrogens (tertiary/aromatic N) is 4. The van der Waals surface area contributed by atoms with E-state index < -0.39 is 0 Å². The van der Waals surface area contributed by atoms with Gasteiger partial charge >= 0.3 is 0 Å². The number of pyridine rings is 1. The summed E-state index contributed by atoms with van der Waals surface area (Å²) in [5.41, 5.74) is 4.80. The zero-order valence-electron chi connectivity index (χ0n) is 19.6. The molecule has 0 aliphatic carbocycles. The SMILES string of the molecule is Cc1noc(C)c1CC(=O)N(Cc1cc2cccc(C)c2nc1N(C)C)C[C@@H]1CCCO1. The van der Waals surface area contributed by atoms with Gasteiger partial charge in [0.25, 0.3) is 0 Å². The molecule has 0 spiro atoms. The average Bonchev–Trinajstić information content (AvgIpc) is 3.38. The zero-order valence-corrected chi connectivity index (χ0v) is 19.6. The topological polar surface area (TPSA) is 71.7 Å². The molecular formula is C25H32N4O3. The van der Waals surface area contributed by atoms with Gasteiger partial charge in [0.15, 0.2) is 0 Å². The quantitative estimate of drug-likeness (QED) is 0.558. The first-order valence-corrected chi connectivity index (χ1v) is 11.2. The number of hydrogen-bond donors (Lipinski definition) is 0. The van der Waals surface area contributed by atoms with Gasteiger partial charge in [0, 0.05) is 50.3 Å². The highest BCUT2D eigenvalue weighted by Crippen LogP contribution is 2.27. The van der Waals surface area contributed by atoms with E-state index in [1.165, 1.54) is 0 Å². The van der Waals surface area contributed by atoms with Gasteiger partial charge in [0.05, 0.1) is 23.7 Å². The molecule has 1 aromatic carbocycles. The lowest BCUT2D eigenvalue weighted by molar-refractivity contribution is -0.132. The molecule has 3 aromatic rings. The molecule has 170 valence electrons. The third-order valence-corrected chi connectivity index (χ3v) is 6.20. The van der Waals surface area contributed by atoms with Crippen LogP contribution in [0.5, 0.6) is 0 Å². The van der Waals surface area contributed by atoms with Gasteiger partial charge < -0.3 is 19.1 Å². The number of fused-ring (bicyclic) bond motifs is 1. The monoisotopic (exact) mass is 436 g/mol. The van der Waals surface area contributed by atoms with E-state index in [1.54, 1.807) is 0 Å². The summed E-state index contributed by atoms with van der Waals surface area (Å²) >= 11 is 0. The number of para-hydroxylation sites is 1. The van der Waals surface area contributed by atoms with Crippen molar-refractivity contribution < 1.29 is 14.1 Å². The summed E-state index contributed by atoms with van der Waals surface area (Å²) in [7, 11) is 3.98. The third kappa shape index (κ3) is 4.63. The van der Waals surface area contributed by atoms with Crippen LogP contribution in [-0.2, 0) is 22.5 Å². The molecule has 32 heavy (non-hydrogen) atoms. The number of aryl methyl sites for hydroxylation is 3. The van der Waals surface area contributed by atoms with E-state index in [0.29, 0.717) is 18.8 Å². The van der Waals surface area contributed by atoms with Crippen LogP contribution in [-0.4, -0.2) is 54.3 Å². The maximum atomic E-state index is 13.5. The summed E-state index contributed by atoms with van der Waals surface area (Å²) in [6.45, 7) is 7.62. The Morgan fingerprint density at radius 2 is 2.03 bits per heavy atom. The Bertz CT molecular complexity index is 1100. The Balaban J connectivity index is 1.67. The Labute approximate surface area is 189 Å². The molecule has 0 N–H and O–H groups in total. The lowest BCUT2D eigenvalue weighted by atomic mass is 10.1. The Hall–Kier alpha value is -2.93. The maximum absolute atomic E-state index is 13.5. The van der Waals surface area contributed by atoms with Crippen LogP contribution in [0.15, 0.2) is 28.8 Å². The normalized spacial score (nSPS) is 16.0. The number of anilines is 1. The maximum Gasteiger partial charge on any atom is 0.227 e. The van der Waals surface area contributed by atoms with Gasteiger partial charge in [-0.3, -0.25) is 4.79 Å². The van der Waals surface area contributed by atoms with Crippen LogP contribution in [0.2, 0.25) is 0 Å². The molecule has 7 nitrogen and oxygen atoms in total. The molecule has 7 heteroatoms. The molecule has 0 saturated carbocycles. The van der Waals surface area contributed by atoms with Crippen molar-refractivity contribution in [2.24, 2.45) is 0 Å². The smallest absolute Gasteiger partial charge is 0.227 e. The predicted octanol–water partition coefficient (Wildman–Crippen LogP) is 3.96. The van der Waals surface area contributed by atoms with Gasteiger partial charge in [-0.25, -0.2) is 4.98 Å². The molecule has 0 unspecified atom stereocenters. The Morgan fingerprint density at radius 3 is 2.69 bits per heavy atom. The van der Waals surface area contributed by atoms with Crippen LogP contribution < -0.4 is 4.90 Å². The van der Waals surface area contributed by atoms with E-state index in [2.05, 4.69) is 30.3 Å². The molecule has 3 heterocycles. The fraction of sp³-hybridized carbons (Fsp3) is 0.480. The summed E-state index contributed by atoms with van der Waals surface area (Å²) in [6, 6.07) is 8.36. The van der Waals surface area contributed by atoms with E-state index in [1.807, 2.05) is 43.8 Å². The van der Waals surface area contributed by atoms with Crippen molar-refractivity contribution in [2.75, 3.05) is 32.1 Å². The molecule has 0 bridgehead atoms. The van der Waals surface area contributed by atoms with Gasteiger partial charge in [0.2, 0.25) is 5.91 Å². The summed E-state index contributed by atoms with van der Waals surface area (Å²) < 4.78 is 11.1. The largest absolute Gasteiger partial charge is 0.376 e. The van der Waals surface area contributed by atoms with Crippen molar-refractivity contribution >= 4 is 22.6 Å². The summed E-state index contributed by atoms with van der Waals surface area (Å²) in [5.74, 6) is 1.63. The van der Waals surface area contributed by atoms with Crippen molar-refractivity contribution in [1.82, 2.24) is 15.0 Å². The highest BCUT2D eigenvalue weighted by atomic mass is 16.5. The number of benzene rings is 1. The van der Waals surface area contributed by atoms with Crippen LogP contribution in [0.25, 0.3) is 10.9 Å². The summed E-state index contributed by atoms with van der Waals surface area (Å²) in [5, 5.41) is 5.09. The zero-order chi connectivity index (χ0) is 22.8. The van der Waals surface area contributed by atoms with E-state index in [4.69, 9.17) is 14.2 Å². The third-order valence-electron chi connectivity index (χ3n) is 6.20. The Morgan fingerprint density at radius 1 is 1.22 bits per heavy atom. The lowest BCUT2D eigenvalue weighted by Crippen LogP contribution is -2.38. The number of amides is 1. The van der Waals surface area contributed by atoms with Gasteiger partial charge in [-0.05, 0) is 45.2 Å². The standard InChI is InChI=1S/C25H32N4O3/c1-16-8-6-9-19-12-20(25(28(4)5)26-24(16)19)14-29(15-21-10-7-11-31-21)23(30)13-22-17(2)27-32-18(22)3/h6,8-9,12,21H,7,10-11,13-15H2,1-5H3/t21-/m0/s1. The van der Waals surface area contributed by atoms with Crippen molar-refractivity contribution in [2.45, 2.75) is 52.7 Å². The number of rotatable bonds is 7. The number of hydrogen-bond acceptors (Lipinski definition) is 6. The number of ether oxygens (including phenoxy) is 1. The van der Waals surface area contributed by atoms with Crippen LogP contribution in [0.4, 0.5) is 5.82 Å². The van der Waals surface area contributed by atoms with Crippen molar-refractivity contribution in [3.63, 3.8) is 0 Å². The van der Waals surface area contributed by atoms with Gasteiger partial charge in [0.1, 0.15) is 11.6 Å². The fourth-order valence-electron chi connectivity index (χ4n) is 4.40. The predicted molar refractivity (Wildman–Crippen MR) is 125 cm³/mol. The molecule has 1 aliphatic rings. The average molecular weight is 437 g/mol. The van der Waals surface area contributed by atoms with E-state index >= 15 is 0 Å². The first kappa shape index (κ1) is 22.3. The molecule has 1 fully saturated rings. The van der Waals surface area contributed by atoms with Crippen molar-refractivity contribution in [3.05, 3.63) is 52.4 Å². The highest BCUT2D eigenvalue weighted by molar-refractivity contribution is 5.85. The molecular weight excluding hydrogens is 404 g/mol. The van der Waals surface area contributed by atoms with Crippen LogP contribution in [0, 0.1) is 20.8 Å². The molecule has 0 radical (unpaired) electrons. The first-order valence-electron chi connectivity index (χ1n) is 11.2. The first-order chi connectivity index (χ1) is 15.3. The van der Waals surface area contributed by atoms with Crippen LogP contribution in [0.1, 0.15) is 41.0 Å². The summed E-state index contributed by atoms with van der Waals surface area (Å²) in [6.07, 6.45) is 2.36. The second kappa shape index (κ2) is 9.28. The number of carbonyl (C=O) groups is 1. The van der Waals surface area contributed by atoms with Crippen LogP contribution in [0.3, 0.4) is 0 Å². The van der Waals surface area contributed by atoms with Crippen LogP contribution >= 0.6 is 0 Å². The number of aromatic nitrogens is 2. The second-order valence-electron chi connectivity index (χ2n) is 8.90. The fourth-order valence-corrected chi connectivity index (χ4v) is 4.40. The molecule has 1 saturated heterocycles. The minimum atomic E-state index is 0.0453. The van der Waals surface area contributed by atoms with Gasteiger partial charge in [-0.15, -0.1) is 0 Å². The molecule has 4 rings (SSSR count). The van der Waals surface area contributed by atoms with Crippen molar-refractivity contribution in [3.8, 4) is 0 Å². The second-order valence-corrected chi connectivity index (χ2v) is 8.90. The van der Waals surface area contributed by atoms with Crippen molar-refractivity contribution in [1.29, 1.82) is 0 Å². The highest BCUT2D eigenvalue weighted by Gasteiger charge is 2.26. The Kier molecular flexibility index (Phi) is 6.46. The molecule has 1 amide bonds. The number of carbonyl (C=O) groups excluding carboxylic acids is 1. The minimum Gasteiger partial charge on any atom is -0.376 e.